The van der Waals surface area contributed by atoms with E-state index in [1.165, 1.54) is 0 Å². The van der Waals surface area contributed by atoms with E-state index < -0.39 is 0 Å². The number of rotatable bonds is 3. The maximum Gasteiger partial charge on any atom is 0.240 e. The smallest absolute Gasteiger partial charge is 0.240 e. The summed E-state index contributed by atoms with van der Waals surface area (Å²) in [4.78, 5) is 24.3. The summed E-state index contributed by atoms with van der Waals surface area (Å²) in [5.41, 5.74) is 13.8. The summed E-state index contributed by atoms with van der Waals surface area (Å²) < 4.78 is 5.84. The predicted octanol–water partition coefficient (Wildman–Crippen LogP) is 1.39. The second-order valence-electron chi connectivity index (χ2n) is 8.28. The van der Waals surface area contributed by atoms with Crippen LogP contribution >= 0.6 is 0 Å². The molecule has 0 saturated carbocycles. The molecule has 0 aromatic carbocycles. The first-order chi connectivity index (χ1) is 14.3. The summed E-state index contributed by atoms with van der Waals surface area (Å²) in [6.07, 6.45) is 0.995. The van der Waals surface area contributed by atoms with E-state index in [2.05, 4.69) is 20.9 Å². The second-order valence-corrected chi connectivity index (χ2v) is 8.28. The van der Waals surface area contributed by atoms with Gasteiger partial charge in [-0.3, -0.25) is 14.6 Å². The van der Waals surface area contributed by atoms with E-state index >= 15 is 0 Å². The number of nitriles is 1. The maximum atomic E-state index is 12.8. The number of hydrogen-bond donors (Lipinski definition) is 2. The number of nitrogens with two attached hydrogens (primary N) is 2. The van der Waals surface area contributed by atoms with Crippen LogP contribution in [0.5, 0.6) is 0 Å². The van der Waals surface area contributed by atoms with Crippen LogP contribution in [0.25, 0.3) is 10.8 Å². The molecule has 3 atom stereocenters. The Morgan fingerprint density at radius 1 is 1.30 bits per heavy atom. The van der Waals surface area contributed by atoms with Gasteiger partial charge in [0.05, 0.1) is 37.1 Å². The van der Waals surface area contributed by atoms with Gasteiger partial charge in [-0.2, -0.15) is 5.26 Å². The van der Waals surface area contributed by atoms with E-state index in [1.807, 2.05) is 27.7 Å². The van der Waals surface area contributed by atoms with Crippen molar-refractivity contribution in [1.29, 1.82) is 5.26 Å². The van der Waals surface area contributed by atoms with Crippen LogP contribution in [0, 0.1) is 11.3 Å². The molecular formula is C21H28N7O2+. The zero-order valence-electron chi connectivity index (χ0n) is 17.8. The first-order valence-electron chi connectivity index (χ1n) is 10.4. The zero-order chi connectivity index (χ0) is 21.7. The van der Waals surface area contributed by atoms with Crippen LogP contribution in [0.15, 0.2) is 0 Å². The third-order valence-corrected chi connectivity index (χ3v) is 6.02. The van der Waals surface area contributed by atoms with Crippen molar-refractivity contribution in [2.75, 3.05) is 34.4 Å². The van der Waals surface area contributed by atoms with Gasteiger partial charge in [-0.25, -0.2) is 9.97 Å². The number of ether oxygens (including phenoxy) is 1. The van der Waals surface area contributed by atoms with Gasteiger partial charge in [0.15, 0.2) is 0 Å². The van der Waals surface area contributed by atoms with Gasteiger partial charge in [-0.15, -0.1) is 0 Å². The monoisotopic (exact) mass is 410 g/mol. The summed E-state index contributed by atoms with van der Waals surface area (Å²) in [6, 6.07) is 2.33. The molecule has 2 aliphatic heterocycles. The average molecular weight is 411 g/mol. The number of H-pyrrole nitrogens is 1. The lowest BCUT2D eigenvalue weighted by atomic mass is 10.00. The quantitative estimate of drug-likeness (QED) is 0.780. The van der Waals surface area contributed by atoms with Crippen LogP contribution in [-0.4, -0.2) is 42.2 Å². The molecule has 0 unspecified atom stereocenters. The van der Waals surface area contributed by atoms with Crippen LogP contribution in [0.4, 0.5) is 23.3 Å². The molecule has 2 aliphatic rings. The molecule has 0 aliphatic carbocycles. The van der Waals surface area contributed by atoms with E-state index in [4.69, 9.17) is 16.2 Å². The average Bonchev–Trinajstić information content (AvgIpc) is 3.01. The van der Waals surface area contributed by atoms with Crippen LogP contribution in [0.2, 0.25) is 0 Å². The molecule has 4 rings (SSSR count). The largest absolute Gasteiger partial charge is 0.383 e. The molecule has 5 N–H and O–H groups in total. The highest BCUT2D eigenvalue weighted by molar-refractivity contribution is 6.12. The van der Waals surface area contributed by atoms with Crippen molar-refractivity contribution in [3.8, 4) is 6.07 Å². The Hall–Kier alpha value is -3.12. The van der Waals surface area contributed by atoms with Crippen LogP contribution in [0.3, 0.4) is 0 Å². The number of aromatic amines is 1. The van der Waals surface area contributed by atoms with E-state index in [0.29, 0.717) is 46.9 Å². The second kappa shape index (κ2) is 7.29. The Morgan fingerprint density at radius 2 is 1.97 bits per heavy atom. The standard InChI is InChI=1S/C21H27N7O2/c1-5-10(2)28-15(29)6-13-16-14(7-22)20(27-8-11(3)30-12(4)9-27)25-18(23)17(16)19(24)26-21(13)28/h10-12H,5-6,8-9H2,1-4H3,(H2,23,25)(H2,24,26)/p+1/t10-,11+,12+/m0/s1. The summed E-state index contributed by atoms with van der Waals surface area (Å²) in [6.45, 7) is 9.26. The summed E-state index contributed by atoms with van der Waals surface area (Å²) in [5, 5.41) is 11.3. The Morgan fingerprint density at radius 3 is 2.57 bits per heavy atom. The third kappa shape index (κ3) is 2.99. The summed E-state index contributed by atoms with van der Waals surface area (Å²) in [7, 11) is 0. The maximum absolute atomic E-state index is 12.8. The van der Waals surface area contributed by atoms with E-state index in [9.17, 15) is 10.1 Å². The highest BCUT2D eigenvalue weighted by Crippen LogP contribution is 2.41. The molecular weight excluding hydrogens is 382 g/mol. The first-order valence-corrected chi connectivity index (χ1v) is 10.4. The van der Waals surface area contributed by atoms with Crippen molar-refractivity contribution in [1.82, 2.24) is 4.98 Å². The van der Waals surface area contributed by atoms with Crippen molar-refractivity contribution in [2.24, 2.45) is 0 Å². The fraction of sp³-hybridized carbons (Fsp3) is 0.524. The van der Waals surface area contributed by atoms with Crippen LogP contribution in [0.1, 0.15) is 45.2 Å². The molecule has 2 aromatic rings. The molecule has 158 valence electrons. The molecule has 0 spiro atoms. The van der Waals surface area contributed by atoms with Gasteiger partial charge in [0.25, 0.3) is 0 Å². The van der Waals surface area contributed by atoms with Gasteiger partial charge in [-0.05, 0) is 27.2 Å². The number of fused-ring (bicyclic) bond motifs is 3. The fourth-order valence-electron chi connectivity index (χ4n) is 4.61. The molecule has 1 saturated heterocycles. The molecule has 0 radical (unpaired) electrons. The van der Waals surface area contributed by atoms with Crippen molar-refractivity contribution < 1.29 is 14.5 Å². The van der Waals surface area contributed by atoms with Crippen LogP contribution in [-0.2, 0) is 16.0 Å². The lowest BCUT2D eigenvalue weighted by Crippen LogP contribution is -2.48. The zero-order valence-corrected chi connectivity index (χ0v) is 17.8. The van der Waals surface area contributed by atoms with E-state index in [1.54, 1.807) is 4.90 Å². The first kappa shape index (κ1) is 20.2. The number of hydrogen-bond acceptors (Lipinski definition) is 7. The lowest BCUT2D eigenvalue weighted by Gasteiger charge is -2.33. The van der Waals surface area contributed by atoms with Gasteiger partial charge in [0.1, 0.15) is 23.3 Å². The van der Waals surface area contributed by atoms with Gasteiger partial charge < -0.3 is 16.2 Å². The minimum atomic E-state index is -0.0378. The molecule has 4 heterocycles. The number of nitrogens with one attached hydrogen (secondary N) is 1. The SMILES string of the molecule is CC[C@H](C)N1C(=O)Cc2c1nc(N)c1c(N)[nH+]c(N3C[C@@H](C)O[C@H](C)C3)c(C#N)c21. The number of pyridine rings is 2. The number of aromatic nitrogens is 2. The molecule has 9 heteroatoms. The molecule has 1 fully saturated rings. The van der Waals surface area contributed by atoms with Crippen LogP contribution < -0.4 is 26.3 Å². The Bertz CT molecular complexity index is 1070. The van der Waals surface area contributed by atoms with Crippen molar-refractivity contribution in [2.45, 2.75) is 58.8 Å². The van der Waals surface area contributed by atoms with E-state index in [0.717, 1.165) is 12.0 Å². The number of morpholine rings is 1. The molecule has 2 aromatic heterocycles. The fourth-order valence-corrected chi connectivity index (χ4v) is 4.61. The molecule has 30 heavy (non-hydrogen) atoms. The number of nitrogen functional groups attached to an aromatic ring is 2. The highest BCUT2D eigenvalue weighted by atomic mass is 16.5. The number of carbonyl (C=O) groups excluding carboxylic acids is 1. The van der Waals surface area contributed by atoms with Crippen molar-refractivity contribution >= 4 is 40.0 Å². The third-order valence-electron chi connectivity index (χ3n) is 6.02. The van der Waals surface area contributed by atoms with Gasteiger partial charge in [0, 0.05) is 17.0 Å². The minimum Gasteiger partial charge on any atom is -0.383 e. The Balaban J connectivity index is 2.00. The van der Waals surface area contributed by atoms with Crippen molar-refractivity contribution in [3.05, 3.63) is 11.1 Å². The van der Waals surface area contributed by atoms with Gasteiger partial charge in [-0.1, -0.05) is 6.92 Å². The number of amides is 1. The lowest BCUT2D eigenvalue weighted by molar-refractivity contribution is -0.345. The number of carbonyl (C=O) groups is 1. The number of nitrogens with zero attached hydrogens (tertiary/aromatic N) is 4. The molecule has 9 nitrogen and oxygen atoms in total. The highest BCUT2D eigenvalue weighted by Gasteiger charge is 2.38. The predicted molar refractivity (Wildman–Crippen MR) is 115 cm³/mol. The van der Waals surface area contributed by atoms with Crippen molar-refractivity contribution in [3.63, 3.8) is 0 Å². The van der Waals surface area contributed by atoms with Gasteiger partial charge in [0.2, 0.25) is 17.5 Å². The molecule has 1 amide bonds. The van der Waals surface area contributed by atoms with Gasteiger partial charge >= 0.3 is 0 Å². The topological polar surface area (TPSA) is 136 Å². The van der Waals surface area contributed by atoms with E-state index in [-0.39, 0.29) is 36.4 Å². The Kier molecular flexibility index (Phi) is 4.90. The summed E-state index contributed by atoms with van der Waals surface area (Å²) in [5.74, 6) is 1.69. The minimum absolute atomic E-state index is 0.0123. The normalized spacial score (nSPS) is 22.3. The molecule has 0 bridgehead atoms. The number of anilines is 4. The summed E-state index contributed by atoms with van der Waals surface area (Å²) >= 11 is 0. The Labute approximate surface area is 175 Å².